The molecule has 0 radical (unpaired) electrons. The molecular weight excluding hydrogens is 536 g/mol. The zero-order valence-electron chi connectivity index (χ0n) is 27.4. The Balaban J connectivity index is 1.28. The first-order chi connectivity index (χ1) is 19.6. The van der Waals surface area contributed by atoms with Gasteiger partial charge in [0.1, 0.15) is 12.2 Å². The molecule has 0 aromatic heterocycles. The Kier molecular flexibility index (Phi) is 10.4. The monoisotopic (exact) mass is 592 g/mol. The molecule has 42 heavy (non-hydrogen) atoms. The Bertz CT molecular complexity index is 856. The second kappa shape index (κ2) is 13.2. The van der Waals surface area contributed by atoms with Crippen LogP contribution in [0.2, 0.25) is 0 Å². The van der Waals surface area contributed by atoms with Crippen molar-refractivity contribution in [2.75, 3.05) is 0 Å². The molecule has 0 spiro atoms. The molecule has 240 valence electrons. The summed E-state index contributed by atoms with van der Waals surface area (Å²) in [5, 5.41) is 11.4. The minimum absolute atomic E-state index is 0.240. The number of hydrogen-bond acceptors (Lipinski definition) is 8. The van der Waals surface area contributed by atoms with Crippen LogP contribution in [0.25, 0.3) is 0 Å². The Labute approximate surface area is 253 Å². The van der Waals surface area contributed by atoms with Crippen molar-refractivity contribution in [3.05, 3.63) is 0 Å². The lowest BCUT2D eigenvalue weighted by Crippen LogP contribution is -2.63. The van der Waals surface area contributed by atoms with Gasteiger partial charge in [-0.2, -0.15) is 10.1 Å². The average molecular weight is 593 g/mol. The van der Waals surface area contributed by atoms with Crippen molar-refractivity contribution in [3.8, 4) is 0 Å². The summed E-state index contributed by atoms with van der Waals surface area (Å²) in [5.74, 6) is 0. The first-order valence-corrected chi connectivity index (χ1v) is 16.3. The van der Waals surface area contributed by atoms with E-state index in [0.717, 1.165) is 25.7 Å². The van der Waals surface area contributed by atoms with E-state index in [1.807, 2.05) is 0 Å². The van der Waals surface area contributed by atoms with Crippen molar-refractivity contribution in [1.29, 1.82) is 0 Å². The normalized spacial score (nSPS) is 28.1. The van der Waals surface area contributed by atoms with Crippen LogP contribution in [0, 0.1) is 0 Å². The molecule has 2 aliphatic carbocycles. The zero-order chi connectivity index (χ0) is 30.8. The van der Waals surface area contributed by atoms with E-state index >= 15 is 0 Å². The van der Waals surface area contributed by atoms with Crippen molar-refractivity contribution in [2.24, 2.45) is 10.2 Å². The van der Waals surface area contributed by atoms with Crippen molar-refractivity contribution in [3.63, 3.8) is 0 Å². The Morgan fingerprint density at radius 3 is 1.07 bits per heavy atom. The standard InChI is InChI=1S/C32H56N4O6/c1-29(2)19-25(20-30(3,4)35(29)41-23-15-11-9-12-16-23)39-27(37)33-34-28(38)40-26-21-31(5,6)36(32(7,8)22-26)42-24-17-13-10-14-18-24/h23-26H,9-22H2,1-8H3. The zero-order valence-corrected chi connectivity index (χ0v) is 27.4. The minimum atomic E-state index is -0.874. The molecule has 2 aliphatic heterocycles. The smallest absolute Gasteiger partial charge is 0.443 e. The second-order valence-electron chi connectivity index (χ2n) is 15.6. The van der Waals surface area contributed by atoms with Crippen molar-refractivity contribution in [2.45, 2.75) is 192 Å². The fourth-order valence-corrected chi connectivity index (χ4v) is 8.13. The van der Waals surface area contributed by atoms with Gasteiger partial charge in [-0.05, 0) is 81.1 Å². The molecular formula is C32H56N4O6. The van der Waals surface area contributed by atoms with E-state index < -0.39 is 12.2 Å². The van der Waals surface area contributed by atoms with Crippen molar-refractivity contribution >= 4 is 12.2 Å². The maximum atomic E-state index is 12.6. The van der Waals surface area contributed by atoms with Crippen LogP contribution in [-0.4, -0.2) is 68.9 Å². The third-order valence-corrected chi connectivity index (χ3v) is 9.47. The van der Waals surface area contributed by atoms with Gasteiger partial charge in [-0.3, -0.25) is 9.68 Å². The van der Waals surface area contributed by atoms with Crippen molar-refractivity contribution in [1.82, 2.24) is 10.1 Å². The third kappa shape index (κ3) is 8.51. The molecule has 0 atom stereocenters. The Morgan fingerprint density at radius 1 is 0.500 bits per heavy atom. The van der Waals surface area contributed by atoms with Gasteiger partial charge in [-0.25, -0.2) is 9.59 Å². The fourth-order valence-electron chi connectivity index (χ4n) is 8.13. The van der Waals surface area contributed by atoms with Crippen LogP contribution in [0.5, 0.6) is 0 Å². The highest BCUT2D eigenvalue weighted by Crippen LogP contribution is 2.43. The van der Waals surface area contributed by atoms with Gasteiger partial charge in [0.2, 0.25) is 0 Å². The number of ether oxygens (including phenoxy) is 2. The predicted octanol–water partition coefficient (Wildman–Crippen LogP) is 8.28. The van der Waals surface area contributed by atoms with E-state index in [-0.39, 0.29) is 46.6 Å². The number of piperidine rings is 2. The minimum Gasteiger partial charge on any atom is -0.443 e. The summed E-state index contributed by atoms with van der Waals surface area (Å²) < 4.78 is 11.4. The molecule has 10 nitrogen and oxygen atoms in total. The predicted molar refractivity (Wildman–Crippen MR) is 160 cm³/mol. The molecule has 0 aromatic rings. The molecule has 0 bridgehead atoms. The number of carbonyl (C=O) groups is 2. The fraction of sp³-hybridized carbons (Fsp3) is 0.938. The molecule has 0 N–H and O–H groups in total. The first-order valence-electron chi connectivity index (χ1n) is 16.3. The van der Waals surface area contributed by atoms with Gasteiger partial charge >= 0.3 is 12.2 Å². The lowest BCUT2D eigenvalue weighted by atomic mass is 9.80. The third-order valence-electron chi connectivity index (χ3n) is 9.47. The van der Waals surface area contributed by atoms with E-state index in [4.69, 9.17) is 19.1 Å². The van der Waals surface area contributed by atoms with E-state index in [9.17, 15) is 9.59 Å². The van der Waals surface area contributed by atoms with Gasteiger partial charge in [0.05, 0.1) is 12.2 Å². The van der Waals surface area contributed by atoms with Gasteiger partial charge in [0, 0.05) is 47.8 Å². The maximum absolute atomic E-state index is 12.6. The second-order valence-corrected chi connectivity index (χ2v) is 15.6. The molecule has 0 unspecified atom stereocenters. The highest BCUT2D eigenvalue weighted by atomic mass is 16.7. The number of hydroxylamine groups is 4. The Morgan fingerprint density at radius 2 is 0.786 bits per heavy atom. The van der Waals surface area contributed by atoms with Crippen LogP contribution >= 0.6 is 0 Å². The molecule has 0 aromatic carbocycles. The lowest BCUT2D eigenvalue weighted by Gasteiger charge is -2.54. The number of rotatable bonds is 6. The van der Waals surface area contributed by atoms with Gasteiger partial charge in [-0.15, -0.1) is 0 Å². The number of azo groups is 1. The van der Waals surface area contributed by atoms with Crippen LogP contribution in [0.1, 0.15) is 145 Å². The lowest BCUT2D eigenvalue weighted by molar-refractivity contribution is -0.317. The van der Waals surface area contributed by atoms with Gasteiger partial charge in [-0.1, -0.05) is 48.8 Å². The number of hydrogen-bond donors (Lipinski definition) is 0. The van der Waals surface area contributed by atoms with Crippen LogP contribution < -0.4 is 0 Å². The molecule has 4 rings (SSSR count). The average Bonchev–Trinajstić information content (AvgIpc) is 2.87. The SMILES string of the molecule is CC1(C)CC(OC(=O)N=NC(=O)OC2CC(C)(C)N(OC3CCCCC3)C(C)(C)C2)CC(C)(C)N1OC1CCCCC1. The summed E-state index contributed by atoms with van der Waals surface area (Å²) in [7, 11) is 0. The van der Waals surface area contributed by atoms with Gasteiger partial charge in [0.15, 0.2) is 0 Å². The summed E-state index contributed by atoms with van der Waals surface area (Å²) in [6.07, 6.45) is 12.1. The summed E-state index contributed by atoms with van der Waals surface area (Å²) in [5.41, 5.74) is -1.35. The number of amides is 2. The molecule has 4 fully saturated rings. The summed E-state index contributed by atoms with van der Waals surface area (Å²) in [4.78, 5) is 38.3. The quantitative estimate of drug-likeness (QED) is 0.284. The number of carbonyl (C=O) groups excluding carboxylic acids is 2. The molecule has 2 saturated carbocycles. The van der Waals surface area contributed by atoms with E-state index in [1.165, 1.54) is 38.5 Å². The van der Waals surface area contributed by atoms with Crippen LogP contribution in [0.3, 0.4) is 0 Å². The van der Waals surface area contributed by atoms with Crippen LogP contribution in [0.15, 0.2) is 10.2 Å². The van der Waals surface area contributed by atoms with E-state index in [0.29, 0.717) is 25.7 Å². The van der Waals surface area contributed by atoms with E-state index in [2.05, 4.69) is 75.7 Å². The van der Waals surface area contributed by atoms with Gasteiger partial charge < -0.3 is 9.47 Å². The van der Waals surface area contributed by atoms with Crippen molar-refractivity contribution < 1.29 is 28.7 Å². The highest BCUT2D eigenvalue weighted by molar-refractivity contribution is 5.73. The molecule has 2 saturated heterocycles. The molecule has 2 heterocycles. The van der Waals surface area contributed by atoms with Crippen LogP contribution in [0.4, 0.5) is 9.59 Å². The summed E-state index contributed by atoms with van der Waals surface area (Å²) in [6, 6.07) is 0. The largest absolute Gasteiger partial charge is 0.452 e. The topological polar surface area (TPSA) is 102 Å². The molecule has 10 heteroatoms. The summed E-state index contributed by atoms with van der Waals surface area (Å²) in [6.45, 7) is 16.9. The summed E-state index contributed by atoms with van der Waals surface area (Å²) >= 11 is 0. The Hall–Kier alpha value is -1.62. The number of nitrogens with zero attached hydrogens (tertiary/aromatic N) is 4. The maximum Gasteiger partial charge on any atom is 0.452 e. The highest BCUT2D eigenvalue weighted by Gasteiger charge is 2.50. The first kappa shape index (κ1) is 33.3. The van der Waals surface area contributed by atoms with Crippen LogP contribution in [-0.2, 0) is 19.1 Å². The molecule has 2 amide bonds. The van der Waals surface area contributed by atoms with E-state index in [1.54, 1.807) is 0 Å². The molecule has 4 aliphatic rings. The van der Waals surface area contributed by atoms with Gasteiger partial charge in [0.25, 0.3) is 0 Å².